The number of aliphatic hydroxyl groups excluding tert-OH is 1. The van der Waals surface area contributed by atoms with Crippen LogP contribution in [0.4, 0.5) is 5.69 Å². The summed E-state index contributed by atoms with van der Waals surface area (Å²) in [6.07, 6.45) is 2.05. The fourth-order valence-corrected chi connectivity index (χ4v) is 3.19. The molecule has 0 radical (unpaired) electrons. The number of piperidine rings is 1. The van der Waals surface area contributed by atoms with Crippen molar-refractivity contribution in [1.82, 2.24) is 5.32 Å². The quantitative estimate of drug-likeness (QED) is 0.843. The first-order valence-corrected chi connectivity index (χ1v) is 8.42. The number of methoxy groups -OCH3 is 1. The van der Waals surface area contributed by atoms with E-state index in [2.05, 4.69) is 16.3 Å². The largest absolute Gasteiger partial charge is 0.497 e. The molecule has 0 spiro atoms. The van der Waals surface area contributed by atoms with Crippen LogP contribution in [-0.2, 0) is 4.79 Å². The number of carbonyl (C=O) groups excluding carboxylic acids is 1. The van der Waals surface area contributed by atoms with Gasteiger partial charge in [-0.2, -0.15) is 0 Å². The second-order valence-electron chi connectivity index (χ2n) is 6.25. The number of hydrogen-bond acceptors (Lipinski definition) is 4. The van der Waals surface area contributed by atoms with E-state index in [1.807, 2.05) is 25.1 Å². The Labute approximate surface area is 138 Å². The van der Waals surface area contributed by atoms with Crippen molar-refractivity contribution in [3.8, 4) is 5.75 Å². The highest BCUT2D eigenvalue weighted by atomic mass is 16.5. The Morgan fingerprint density at radius 2 is 2.30 bits per heavy atom. The van der Waals surface area contributed by atoms with E-state index in [1.54, 1.807) is 14.0 Å². The molecular weight excluding hydrogens is 292 g/mol. The van der Waals surface area contributed by atoms with Crippen LogP contribution >= 0.6 is 0 Å². The van der Waals surface area contributed by atoms with Crippen molar-refractivity contribution in [2.24, 2.45) is 5.92 Å². The first-order chi connectivity index (χ1) is 11.0. The Bertz CT molecular complexity index is 519. The molecule has 0 aromatic heterocycles. The lowest BCUT2D eigenvalue weighted by atomic mass is 9.98. The number of ether oxygens (including phenoxy) is 1. The van der Waals surface area contributed by atoms with Crippen LogP contribution in [0.2, 0.25) is 0 Å². The summed E-state index contributed by atoms with van der Waals surface area (Å²) in [7, 11) is 1.67. The topological polar surface area (TPSA) is 61.8 Å². The predicted octanol–water partition coefficient (Wildman–Crippen LogP) is 2.19. The van der Waals surface area contributed by atoms with Crippen molar-refractivity contribution in [2.75, 3.05) is 25.1 Å². The maximum atomic E-state index is 12.3. The highest BCUT2D eigenvalue weighted by molar-refractivity contribution is 5.79. The van der Waals surface area contributed by atoms with Gasteiger partial charge in [-0.15, -0.1) is 0 Å². The van der Waals surface area contributed by atoms with Crippen molar-refractivity contribution in [1.29, 1.82) is 0 Å². The van der Waals surface area contributed by atoms with Gasteiger partial charge in [-0.1, -0.05) is 13.0 Å². The van der Waals surface area contributed by atoms with E-state index in [1.165, 1.54) is 0 Å². The molecule has 1 saturated heterocycles. The standard InChI is InChI=1S/C18H28N2O3/c1-4-17(13(2)21)18(22)19-14-7-6-10-20(12-14)15-8-5-9-16(11-15)23-3/h5,8-9,11,13-14,17,21H,4,6-7,10,12H2,1-3H3,(H,19,22)/t13-,14+,17+/m1/s1. The second-order valence-corrected chi connectivity index (χ2v) is 6.25. The molecule has 1 aromatic carbocycles. The lowest BCUT2D eigenvalue weighted by Gasteiger charge is -2.35. The van der Waals surface area contributed by atoms with Crippen LogP contribution in [0.5, 0.6) is 5.75 Å². The van der Waals surface area contributed by atoms with Crippen LogP contribution in [0.3, 0.4) is 0 Å². The fraction of sp³-hybridized carbons (Fsp3) is 0.611. The molecule has 1 aliphatic heterocycles. The van der Waals surface area contributed by atoms with Gasteiger partial charge in [0.1, 0.15) is 5.75 Å². The summed E-state index contributed by atoms with van der Waals surface area (Å²) in [5, 5.41) is 12.8. The van der Waals surface area contributed by atoms with Crippen molar-refractivity contribution in [2.45, 2.75) is 45.3 Å². The van der Waals surface area contributed by atoms with Crippen LogP contribution in [0.1, 0.15) is 33.1 Å². The van der Waals surface area contributed by atoms with Crippen LogP contribution in [0.15, 0.2) is 24.3 Å². The highest BCUT2D eigenvalue weighted by Crippen LogP contribution is 2.24. The molecule has 0 saturated carbocycles. The highest BCUT2D eigenvalue weighted by Gasteiger charge is 2.27. The molecule has 2 N–H and O–H groups in total. The minimum atomic E-state index is -0.613. The number of anilines is 1. The number of benzene rings is 1. The number of hydrogen-bond donors (Lipinski definition) is 2. The molecule has 128 valence electrons. The summed E-state index contributed by atoms with van der Waals surface area (Å²) in [5.74, 6) is 0.469. The number of rotatable bonds is 6. The number of carbonyl (C=O) groups is 1. The van der Waals surface area contributed by atoms with Crippen LogP contribution < -0.4 is 15.0 Å². The van der Waals surface area contributed by atoms with Gasteiger partial charge < -0.3 is 20.1 Å². The summed E-state index contributed by atoms with van der Waals surface area (Å²) < 4.78 is 5.29. The molecule has 5 nitrogen and oxygen atoms in total. The van der Waals surface area contributed by atoms with Gasteiger partial charge in [0.2, 0.25) is 5.91 Å². The Morgan fingerprint density at radius 1 is 1.52 bits per heavy atom. The van der Waals surface area contributed by atoms with E-state index < -0.39 is 6.10 Å². The van der Waals surface area contributed by atoms with E-state index >= 15 is 0 Å². The van der Waals surface area contributed by atoms with E-state index in [-0.39, 0.29) is 17.9 Å². The van der Waals surface area contributed by atoms with E-state index in [0.717, 1.165) is 37.4 Å². The molecule has 1 amide bonds. The molecule has 1 heterocycles. The molecule has 2 rings (SSSR count). The van der Waals surface area contributed by atoms with Gasteiger partial charge in [-0.25, -0.2) is 0 Å². The molecule has 0 unspecified atom stereocenters. The Kier molecular flexibility index (Phi) is 6.28. The molecular formula is C18H28N2O3. The molecule has 0 aliphatic carbocycles. The molecule has 3 atom stereocenters. The van der Waals surface area contributed by atoms with Gasteiger partial charge in [0.05, 0.1) is 19.1 Å². The molecule has 23 heavy (non-hydrogen) atoms. The van der Waals surface area contributed by atoms with Crippen molar-refractivity contribution in [3.05, 3.63) is 24.3 Å². The summed E-state index contributed by atoms with van der Waals surface area (Å²) in [4.78, 5) is 14.6. The number of amides is 1. The lowest BCUT2D eigenvalue weighted by Crippen LogP contribution is -2.50. The van der Waals surface area contributed by atoms with Gasteiger partial charge in [-0.05, 0) is 38.3 Å². The van der Waals surface area contributed by atoms with E-state index in [4.69, 9.17) is 4.74 Å². The van der Waals surface area contributed by atoms with Gasteiger partial charge in [0, 0.05) is 30.9 Å². The zero-order valence-electron chi connectivity index (χ0n) is 14.3. The average Bonchev–Trinajstić information content (AvgIpc) is 2.55. The SMILES string of the molecule is CC[C@H](C(=O)N[C@H]1CCCN(c2cccc(OC)c2)C1)[C@@H](C)O. The normalized spacial score (nSPS) is 20.7. The second kappa shape index (κ2) is 8.20. The smallest absolute Gasteiger partial charge is 0.225 e. The Morgan fingerprint density at radius 3 is 2.96 bits per heavy atom. The van der Waals surface area contributed by atoms with Crippen molar-refractivity contribution >= 4 is 11.6 Å². The van der Waals surface area contributed by atoms with E-state index in [0.29, 0.717) is 6.42 Å². The minimum Gasteiger partial charge on any atom is -0.497 e. The van der Waals surface area contributed by atoms with Crippen molar-refractivity contribution < 1.29 is 14.6 Å². The number of nitrogens with zero attached hydrogens (tertiary/aromatic N) is 1. The van der Waals surface area contributed by atoms with Gasteiger partial charge in [0.15, 0.2) is 0 Å². The Balaban J connectivity index is 1.99. The van der Waals surface area contributed by atoms with Gasteiger partial charge >= 0.3 is 0 Å². The fourth-order valence-electron chi connectivity index (χ4n) is 3.19. The van der Waals surface area contributed by atoms with Crippen LogP contribution in [0.25, 0.3) is 0 Å². The first-order valence-electron chi connectivity index (χ1n) is 8.42. The molecule has 1 fully saturated rings. The maximum absolute atomic E-state index is 12.3. The molecule has 0 bridgehead atoms. The molecule has 5 heteroatoms. The first kappa shape index (κ1) is 17.6. The third-order valence-electron chi connectivity index (χ3n) is 4.55. The zero-order valence-corrected chi connectivity index (χ0v) is 14.3. The lowest BCUT2D eigenvalue weighted by molar-refractivity contribution is -0.129. The Hall–Kier alpha value is -1.75. The monoisotopic (exact) mass is 320 g/mol. The van der Waals surface area contributed by atoms with Gasteiger partial charge in [-0.3, -0.25) is 4.79 Å². The molecule has 1 aliphatic rings. The summed E-state index contributed by atoms with van der Waals surface area (Å²) in [5.41, 5.74) is 1.12. The summed E-state index contributed by atoms with van der Waals surface area (Å²) in [6.45, 7) is 5.37. The summed E-state index contributed by atoms with van der Waals surface area (Å²) >= 11 is 0. The van der Waals surface area contributed by atoms with Crippen LogP contribution in [-0.4, -0.2) is 43.4 Å². The third kappa shape index (κ3) is 4.61. The third-order valence-corrected chi connectivity index (χ3v) is 4.55. The minimum absolute atomic E-state index is 0.0417. The van der Waals surface area contributed by atoms with Crippen molar-refractivity contribution in [3.63, 3.8) is 0 Å². The molecule has 1 aromatic rings. The van der Waals surface area contributed by atoms with Crippen LogP contribution in [0, 0.1) is 5.92 Å². The zero-order chi connectivity index (χ0) is 16.8. The average molecular weight is 320 g/mol. The predicted molar refractivity (Wildman–Crippen MR) is 91.8 cm³/mol. The number of aliphatic hydroxyl groups is 1. The maximum Gasteiger partial charge on any atom is 0.225 e. The summed E-state index contributed by atoms with van der Waals surface area (Å²) in [6, 6.07) is 8.12. The van der Waals surface area contributed by atoms with E-state index in [9.17, 15) is 9.90 Å². The number of nitrogens with one attached hydrogen (secondary N) is 1. The van der Waals surface area contributed by atoms with Gasteiger partial charge in [0.25, 0.3) is 0 Å².